The van der Waals surface area contributed by atoms with Crippen LogP contribution in [0.5, 0.6) is 0 Å². The van der Waals surface area contributed by atoms with Crippen LogP contribution in [-0.4, -0.2) is 25.0 Å². The maximum atomic E-state index is 11.4. The summed E-state index contributed by atoms with van der Waals surface area (Å²) in [6, 6.07) is 3.72. The second-order valence-corrected chi connectivity index (χ2v) is 7.69. The molecule has 0 saturated carbocycles. The second kappa shape index (κ2) is 5.08. The molecule has 0 aliphatic carbocycles. The van der Waals surface area contributed by atoms with Crippen molar-refractivity contribution in [2.75, 3.05) is 6.26 Å². The number of sulfone groups is 1. The van der Waals surface area contributed by atoms with Gasteiger partial charge in [-0.05, 0) is 43.5 Å². The number of aliphatic hydroxyl groups excluding tert-OH is 1. The van der Waals surface area contributed by atoms with Gasteiger partial charge in [0.2, 0.25) is 0 Å². The fourth-order valence-electron chi connectivity index (χ4n) is 1.61. The fraction of sp³-hybridized carbons (Fsp3) is 0.500. The Bertz CT molecular complexity index is 523. The molecule has 1 aromatic rings. The van der Waals surface area contributed by atoms with Crippen LogP contribution in [-0.2, 0) is 9.84 Å². The quantitative estimate of drug-likeness (QED) is 0.931. The van der Waals surface area contributed by atoms with Gasteiger partial charge < -0.3 is 5.11 Å². The van der Waals surface area contributed by atoms with Gasteiger partial charge in [0, 0.05) is 10.7 Å². The molecule has 0 aromatic heterocycles. The maximum absolute atomic E-state index is 11.4. The van der Waals surface area contributed by atoms with Gasteiger partial charge >= 0.3 is 0 Å². The van der Waals surface area contributed by atoms with E-state index in [4.69, 9.17) is 0 Å². The first-order valence-corrected chi connectivity index (χ1v) is 8.03. The molecule has 5 heteroatoms. The minimum absolute atomic E-state index is 0.670. The standard InChI is InChI=1S/C12H17BrO3S/c1-7-6-11(13)8(2)5-10(7)12(14)9(3)17(4,15)16/h5-6,9,12,14H,1-4H3. The van der Waals surface area contributed by atoms with Crippen LogP contribution in [0.1, 0.15) is 29.7 Å². The Kier molecular flexibility index (Phi) is 4.38. The van der Waals surface area contributed by atoms with Crippen molar-refractivity contribution >= 4 is 25.8 Å². The van der Waals surface area contributed by atoms with E-state index in [0.717, 1.165) is 21.9 Å². The molecule has 3 nitrogen and oxygen atoms in total. The van der Waals surface area contributed by atoms with Gasteiger partial charge in [0.15, 0.2) is 9.84 Å². The molecule has 0 heterocycles. The fourth-order valence-corrected chi connectivity index (χ4v) is 2.68. The molecule has 0 aliphatic heterocycles. The summed E-state index contributed by atoms with van der Waals surface area (Å²) in [5, 5.41) is 9.32. The maximum Gasteiger partial charge on any atom is 0.152 e. The first kappa shape index (κ1) is 14.7. The van der Waals surface area contributed by atoms with Crippen LogP contribution in [0, 0.1) is 13.8 Å². The highest BCUT2D eigenvalue weighted by molar-refractivity contribution is 9.10. The summed E-state index contributed by atoms with van der Waals surface area (Å²) in [6.45, 7) is 5.29. The molecule has 0 saturated heterocycles. The van der Waals surface area contributed by atoms with Crippen LogP contribution in [0.4, 0.5) is 0 Å². The van der Waals surface area contributed by atoms with Crippen LogP contribution in [0.3, 0.4) is 0 Å². The molecular formula is C12H17BrO3S. The first-order chi connectivity index (χ1) is 7.64. The number of rotatable bonds is 3. The van der Waals surface area contributed by atoms with Crippen molar-refractivity contribution in [2.24, 2.45) is 0 Å². The second-order valence-electron chi connectivity index (χ2n) is 4.44. The minimum Gasteiger partial charge on any atom is -0.387 e. The van der Waals surface area contributed by atoms with Gasteiger partial charge in [0.05, 0.1) is 11.4 Å². The van der Waals surface area contributed by atoms with Crippen LogP contribution in [0.15, 0.2) is 16.6 Å². The number of hydrogen-bond acceptors (Lipinski definition) is 3. The summed E-state index contributed by atoms with van der Waals surface area (Å²) in [5.74, 6) is 0. The van der Waals surface area contributed by atoms with Crippen LogP contribution >= 0.6 is 15.9 Å². The third-order valence-electron chi connectivity index (χ3n) is 2.99. The predicted molar refractivity (Wildman–Crippen MR) is 72.9 cm³/mol. The normalized spacial score (nSPS) is 15.6. The van der Waals surface area contributed by atoms with Gasteiger partial charge in [0.25, 0.3) is 0 Å². The van der Waals surface area contributed by atoms with Crippen LogP contribution in [0.2, 0.25) is 0 Å². The van der Waals surface area contributed by atoms with E-state index in [1.54, 1.807) is 0 Å². The highest BCUT2D eigenvalue weighted by Crippen LogP contribution is 2.29. The number of halogens is 1. The lowest BCUT2D eigenvalue weighted by Crippen LogP contribution is -2.24. The van der Waals surface area contributed by atoms with E-state index in [-0.39, 0.29) is 0 Å². The first-order valence-electron chi connectivity index (χ1n) is 5.28. The molecule has 1 rings (SSSR count). The zero-order chi connectivity index (χ0) is 13.4. The molecule has 2 atom stereocenters. The Morgan fingerprint density at radius 2 is 1.76 bits per heavy atom. The summed E-state index contributed by atoms with van der Waals surface area (Å²) >= 11 is 3.41. The van der Waals surface area contributed by atoms with Crippen molar-refractivity contribution in [1.29, 1.82) is 0 Å². The van der Waals surface area contributed by atoms with E-state index in [9.17, 15) is 13.5 Å². The lowest BCUT2D eigenvalue weighted by Gasteiger charge is -2.20. The third kappa shape index (κ3) is 3.30. The molecule has 0 amide bonds. The van der Waals surface area contributed by atoms with Crippen molar-refractivity contribution in [1.82, 2.24) is 0 Å². The smallest absolute Gasteiger partial charge is 0.152 e. The summed E-state index contributed by atoms with van der Waals surface area (Å²) in [5.41, 5.74) is 2.53. The SMILES string of the molecule is Cc1cc(C(O)C(C)S(C)(=O)=O)c(C)cc1Br. The van der Waals surface area contributed by atoms with E-state index in [0.29, 0.717) is 5.56 Å². The molecule has 0 bridgehead atoms. The van der Waals surface area contributed by atoms with E-state index in [1.165, 1.54) is 6.92 Å². The Morgan fingerprint density at radius 3 is 2.24 bits per heavy atom. The van der Waals surface area contributed by atoms with Gasteiger partial charge in [-0.3, -0.25) is 0 Å². The van der Waals surface area contributed by atoms with Gasteiger partial charge in [-0.25, -0.2) is 8.42 Å². The van der Waals surface area contributed by atoms with Crippen molar-refractivity contribution in [3.8, 4) is 0 Å². The molecule has 0 aliphatic rings. The van der Waals surface area contributed by atoms with Crippen molar-refractivity contribution < 1.29 is 13.5 Å². The Labute approximate surface area is 111 Å². The van der Waals surface area contributed by atoms with Gasteiger partial charge in [-0.1, -0.05) is 22.0 Å². The minimum atomic E-state index is -3.25. The molecular weight excluding hydrogens is 304 g/mol. The van der Waals surface area contributed by atoms with Gasteiger partial charge in [-0.15, -0.1) is 0 Å². The molecule has 0 fully saturated rings. The predicted octanol–water partition coefficient (Wildman–Crippen LogP) is 2.53. The monoisotopic (exact) mass is 320 g/mol. The van der Waals surface area contributed by atoms with E-state index in [1.807, 2.05) is 26.0 Å². The summed E-state index contributed by atoms with van der Waals surface area (Å²) in [4.78, 5) is 0. The largest absolute Gasteiger partial charge is 0.387 e. The summed E-state index contributed by atoms with van der Waals surface area (Å²) in [7, 11) is -3.25. The highest BCUT2D eigenvalue weighted by Gasteiger charge is 2.26. The number of aryl methyl sites for hydroxylation is 2. The van der Waals surface area contributed by atoms with Crippen molar-refractivity contribution in [2.45, 2.75) is 32.1 Å². The molecule has 1 N–H and O–H groups in total. The Morgan fingerprint density at radius 1 is 1.24 bits per heavy atom. The Hall–Kier alpha value is -0.390. The average Bonchev–Trinajstić information content (AvgIpc) is 2.20. The summed E-state index contributed by atoms with van der Waals surface area (Å²) in [6.07, 6.45) is 0.152. The zero-order valence-corrected chi connectivity index (χ0v) is 12.8. The van der Waals surface area contributed by atoms with E-state index in [2.05, 4.69) is 15.9 Å². The molecule has 1 aromatic carbocycles. The lowest BCUT2D eigenvalue weighted by molar-refractivity contribution is 0.175. The molecule has 2 unspecified atom stereocenters. The van der Waals surface area contributed by atoms with Crippen LogP contribution in [0.25, 0.3) is 0 Å². The van der Waals surface area contributed by atoms with Crippen molar-refractivity contribution in [3.63, 3.8) is 0 Å². The number of hydrogen-bond donors (Lipinski definition) is 1. The zero-order valence-electron chi connectivity index (χ0n) is 10.4. The lowest BCUT2D eigenvalue weighted by atomic mass is 9.99. The molecule has 96 valence electrons. The van der Waals surface area contributed by atoms with E-state index < -0.39 is 21.2 Å². The molecule has 0 radical (unpaired) electrons. The Balaban J connectivity index is 3.22. The third-order valence-corrected chi connectivity index (χ3v) is 5.45. The highest BCUT2D eigenvalue weighted by atomic mass is 79.9. The van der Waals surface area contributed by atoms with Gasteiger partial charge in [0.1, 0.15) is 0 Å². The topological polar surface area (TPSA) is 54.4 Å². The average molecular weight is 321 g/mol. The van der Waals surface area contributed by atoms with Crippen molar-refractivity contribution in [3.05, 3.63) is 33.3 Å². The van der Waals surface area contributed by atoms with E-state index >= 15 is 0 Å². The molecule has 17 heavy (non-hydrogen) atoms. The van der Waals surface area contributed by atoms with Crippen LogP contribution < -0.4 is 0 Å². The van der Waals surface area contributed by atoms with Gasteiger partial charge in [-0.2, -0.15) is 0 Å². The molecule has 0 spiro atoms. The number of aliphatic hydroxyl groups is 1. The summed E-state index contributed by atoms with van der Waals surface area (Å²) < 4.78 is 23.8. The number of benzene rings is 1.